The average molecular weight is 415 g/mol. The zero-order valence-corrected chi connectivity index (χ0v) is 16.6. The number of carbonyl (C=O) groups excluding carboxylic acids is 3. The number of nitrogens with one attached hydrogen (secondary N) is 2. The molecular weight excluding hydrogens is 393 g/mol. The van der Waals surface area contributed by atoms with Crippen molar-refractivity contribution in [3.05, 3.63) is 53.8 Å². The van der Waals surface area contributed by atoms with Gasteiger partial charge in [-0.2, -0.15) is 0 Å². The van der Waals surface area contributed by atoms with Crippen molar-refractivity contribution in [1.82, 2.24) is 10.9 Å². The maximum Gasteiger partial charge on any atom is 0.243 e. The molecule has 0 spiro atoms. The SMILES string of the molecule is COc1ccc(OC)c(N2CC(C(=O)NNC(=O)Cc3ccc(F)cc3)CC2=O)c1. The first kappa shape index (κ1) is 21.1. The highest BCUT2D eigenvalue weighted by Gasteiger charge is 2.36. The maximum absolute atomic E-state index is 12.9. The summed E-state index contributed by atoms with van der Waals surface area (Å²) in [4.78, 5) is 38.4. The van der Waals surface area contributed by atoms with Gasteiger partial charge in [0.25, 0.3) is 0 Å². The van der Waals surface area contributed by atoms with Crippen LogP contribution in [0.15, 0.2) is 42.5 Å². The number of carbonyl (C=O) groups is 3. The molecule has 0 radical (unpaired) electrons. The fraction of sp³-hybridized carbons (Fsp3) is 0.286. The van der Waals surface area contributed by atoms with Crippen molar-refractivity contribution in [2.75, 3.05) is 25.7 Å². The molecular formula is C21H22FN3O5. The largest absolute Gasteiger partial charge is 0.497 e. The summed E-state index contributed by atoms with van der Waals surface area (Å²) in [6.07, 6.45) is -0.0165. The third-order valence-corrected chi connectivity index (χ3v) is 4.78. The van der Waals surface area contributed by atoms with Crippen LogP contribution in [0.1, 0.15) is 12.0 Å². The summed E-state index contributed by atoms with van der Waals surface area (Å²) in [6.45, 7) is 0.141. The molecule has 0 saturated carbocycles. The summed E-state index contributed by atoms with van der Waals surface area (Å²) in [5.41, 5.74) is 5.80. The number of hydrazine groups is 1. The predicted molar refractivity (Wildman–Crippen MR) is 106 cm³/mol. The highest BCUT2D eigenvalue weighted by molar-refractivity contribution is 6.01. The molecule has 2 aromatic rings. The molecule has 2 N–H and O–H groups in total. The summed E-state index contributed by atoms with van der Waals surface area (Å²) < 4.78 is 23.4. The Morgan fingerprint density at radius 2 is 1.83 bits per heavy atom. The molecule has 8 nitrogen and oxygen atoms in total. The number of ether oxygens (including phenoxy) is 2. The van der Waals surface area contributed by atoms with Gasteiger partial charge < -0.3 is 14.4 Å². The molecule has 1 atom stereocenters. The van der Waals surface area contributed by atoms with Crippen molar-refractivity contribution in [3.8, 4) is 11.5 Å². The quantitative estimate of drug-likeness (QED) is 0.699. The second-order valence-corrected chi connectivity index (χ2v) is 6.78. The molecule has 3 amide bonds. The summed E-state index contributed by atoms with van der Waals surface area (Å²) in [7, 11) is 3.01. The van der Waals surface area contributed by atoms with Gasteiger partial charge in [-0.15, -0.1) is 0 Å². The van der Waals surface area contributed by atoms with E-state index in [4.69, 9.17) is 9.47 Å². The van der Waals surface area contributed by atoms with Crippen molar-refractivity contribution in [2.45, 2.75) is 12.8 Å². The van der Waals surface area contributed by atoms with E-state index in [-0.39, 0.29) is 25.3 Å². The van der Waals surface area contributed by atoms with Crippen molar-refractivity contribution >= 4 is 23.4 Å². The average Bonchev–Trinajstić information content (AvgIpc) is 3.14. The van der Waals surface area contributed by atoms with Crippen LogP contribution in [0.2, 0.25) is 0 Å². The standard InChI is InChI=1S/C21H22FN3O5/c1-29-16-7-8-18(30-2)17(11-16)25-12-14(10-20(25)27)21(28)24-23-19(26)9-13-3-5-15(22)6-4-13/h3-8,11,14H,9-10,12H2,1-2H3,(H,23,26)(H,24,28). The van der Waals surface area contributed by atoms with Gasteiger partial charge in [-0.25, -0.2) is 4.39 Å². The second-order valence-electron chi connectivity index (χ2n) is 6.78. The van der Waals surface area contributed by atoms with Gasteiger partial charge in [0.05, 0.1) is 32.2 Å². The van der Waals surface area contributed by atoms with E-state index in [2.05, 4.69) is 10.9 Å². The Morgan fingerprint density at radius 1 is 1.10 bits per heavy atom. The lowest BCUT2D eigenvalue weighted by molar-refractivity contribution is -0.131. The second kappa shape index (κ2) is 9.25. The van der Waals surface area contributed by atoms with Crippen LogP contribution in [0.5, 0.6) is 11.5 Å². The van der Waals surface area contributed by atoms with E-state index in [1.807, 2.05) is 0 Å². The minimum atomic E-state index is -0.639. The molecule has 9 heteroatoms. The maximum atomic E-state index is 12.9. The van der Waals surface area contributed by atoms with E-state index in [1.165, 1.54) is 43.4 Å². The van der Waals surface area contributed by atoms with Gasteiger partial charge >= 0.3 is 0 Å². The van der Waals surface area contributed by atoms with Gasteiger partial charge in [-0.05, 0) is 29.8 Å². The third kappa shape index (κ3) is 4.86. The van der Waals surface area contributed by atoms with E-state index in [0.29, 0.717) is 22.7 Å². The van der Waals surface area contributed by atoms with Crippen LogP contribution in [0.3, 0.4) is 0 Å². The minimum absolute atomic E-state index is 0.0000297. The van der Waals surface area contributed by atoms with E-state index in [0.717, 1.165) is 0 Å². The molecule has 1 aliphatic rings. The molecule has 30 heavy (non-hydrogen) atoms. The molecule has 0 aromatic heterocycles. The van der Waals surface area contributed by atoms with Gasteiger partial charge in [0.15, 0.2) is 0 Å². The number of rotatable bonds is 6. The molecule has 0 bridgehead atoms. The number of hydrogen-bond acceptors (Lipinski definition) is 5. The molecule has 1 saturated heterocycles. The predicted octanol–water partition coefficient (Wildman–Crippen LogP) is 1.59. The van der Waals surface area contributed by atoms with Crippen LogP contribution in [-0.4, -0.2) is 38.5 Å². The van der Waals surface area contributed by atoms with Crippen molar-refractivity contribution in [3.63, 3.8) is 0 Å². The Balaban J connectivity index is 1.58. The minimum Gasteiger partial charge on any atom is -0.497 e. The fourth-order valence-corrected chi connectivity index (χ4v) is 3.19. The van der Waals surface area contributed by atoms with Gasteiger partial charge in [0.1, 0.15) is 17.3 Å². The van der Waals surface area contributed by atoms with Crippen molar-refractivity contribution in [1.29, 1.82) is 0 Å². The molecule has 1 fully saturated rings. The molecule has 1 heterocycles. The van der Waals surface area contributed by atoms with E-state index in [1.54, 1.807) is 18.2 Å². The normalized spacial score (nSPS) is 15.6. The van der Waals surface area contributed by atoms with Crippen LogP contribution in [0, 0.1) is 11.7 Å². The number of methoxy groups -OCH3 is 2. The Bertz CT molecular complexity index is 948. The van der Waals surface area contributed by atoms with Crippen molar-refractivity contribution < 1.29 is 28.2 Å². The van der Waals surface area contributed by atoms with Gasteiger partial charge in [0.2, 0.25) is 17.7 Å². The topological polar surface area (TPSA) is 97.0 Å². The first-order chi connectivity index (χ1) is 14.4. The lowest BCUT2D eigenvalue weighted by Gasteiger charge is -2.20. The smallest absolute Gasteiger partial charge is 0.243 e. The van der Waals surface area contributed by atoms with Crippen molar-refractivity contribution in [2.24, 2.45) is 5.92 Å². The Hall–Kier alpha value is -3.62. The van der Waals surface area contributed by atoms with Crippen LogP contribution >= 0.6 is 0 Å². The number of nitrogens with zero attached hydrogens (tertiary/aromatic N) is 1. The molecule has 1 unspecified atom stereocenters. The number of hydrogen-bond donors (Lipinski definition) is 2. The van der Waals surface area contributed by atoms with Crippen LogP contribution in [0.4, 0.5) is 10.1 Å². The zero-order valence-electron chi connectivity index (χ0n) is 16.6. The van der Waals surface area contributed by atoms with E-state index in [9.17, 15) is 18.8 Å². The Kier molecular flexibility index (Phi) is 6.51. The highest BCUT2D eigenvalue weighted by Crippen LogP contribution is 2.36. The molecule has 2 aromatic carbocycles. The van der Waals surface area contributed by atoms with Gasteiger partial charge in [0, 0.05) is 19.0 Å². The van der Waals surface area contributed by atoms with Gasteiger partial charge in [-0.1, -0.05) is 12.1 Å². The molecule has 1 aliphatic heterocycles. The lowest BCUT2D eigenvalue weighted by atomic mass is 10.1. The lowest BCUT2D eigenvalue weighted by Crippen LogP contribution is -2.45. The number of anilines is 1. The van der Waals surface area contributed by atoms with Crippen LogP contribution in [0.25, 0.3) is 0 Å². The summed E-state index contributed by atoms with van der Waals surface area (Å²) in [6, 6.07) is 10.6. The first-order valence-corrected chi connectivity index (χ1v) is 9.26. The molecule has 3 rings (SSSR count). The van der Waals surface area contributed by atoms with Crippen LogP contribution in [-0.2, 0) is 20.8 Å². The number of halogens is 1. The summed E-state index contributed by atoms with van der Waals surface area (Å²) in [5.74, 6) is -1.16. The summed E-state index contributed by atoms with van der Waals surface area (Å²) >= 11 is 0. The first-order valence-electron chi connectivity index (χ1n) is 9.26. The zero-order chi connectivity index (χ0) is 21.7. The Morgan fingerprint density at radius 3 is 2.50 bits per heavy atom. The van der Waals surface area contributed by atoms with Crippen LogP contribution < -0.4 is 25.2 Å². The molecule has 0 aliphatic carbocycles. The highest BCUT2D eigenvalue weighted by atomic mass is 19.1. The summed E-state index contributed by atoms with van der Waals surface area (Å²) in [5, 5.41) is 0. The number of benzene rings is 2. The van der Waals surface area contributed by atoms with Gasteiger partial charge in [-0.3, -0.25) is 25.2 Å². The monoisotopic (exact) mass is 415 g/mol. The van der Waals surface area contributed by atoms with E-state index >= 15 is 0 Å². The molecule has 158 valence electrons. The third-order valence-electron chi connectivity index (χ3n) is 4.78. The number of amides is 3. The van der Waals surface area contributed by atoms with E-state index < -0.39 is 23.5 Å². The Labute approximate surface area is 172 Å². The fourth-order valence-electron chi connectivity index (χ4n) is 3.19.